The van der Waals surface area contributed by atoms with E-state index in [1.807, 2.05) is 18.2 Å². The van der Waals surface area contributed by atoms with E-state index in [1.54, 1.807) is 0 Å². The van der Waals surface area contributed by atoms with Gasteiger partial charge in [0, 0.05) is 6.16 Å². The van der Waals surface area contributed by atoms with E-state index in [0.717, 1.165) is 5.56 Å². The molecule has 0 heterocycles. The van der Waals surface area contributed by atoms with Crippen LogP contribution in [0.5, 0.6) is 0 Å². The quantitative estimate of drug-likeness (QED) is 0.812. The van der Waals surface area contributed by atoms with Crippen LogP contribution in [0, 0.1) is 0 Å². The molecule has 2 N–H and O–H groups in total. The highest BCUT2D eigenvalue weighted by atomic mass is 31.2. The molecule has 3 heteroatoms. The molecule has 0 saturated heterocycles. The first-order valence-electron chi connectivity index (χ1n) is 5.74. The zero-order chi connectivity index (χ0) is 12.4. The largest absolute Gasteiger partial charge is 0.350 e. The van der Waals surface area contributed by atoms with Gasteiger partial charge in [-0.25, -0.2) is 0 Å². The number of rotatable bonds is 3. The second-order valence-electron chi connectivity index (χ2n) is 4.63. The lowest BCUT2D eigenvalue weighted by molar-refractivity contribution is 0.481. The van der Waals surface area contributed by atoms with Gasteiger partial charge in [0.15, 0.2) is 8.38 Å². The summed E-state index contributed by atoms with van der Waals surface area (Å²) in [5.41, 5.74) is 2.29. The van der Waals surface area contributed by atoms with Gasteiger partial charge in [0.2, 0.25) is 0 Å². The van der Waals surface area contributed by atoms with Crippen molar-refractivity contribution >= 4 is 19.1 Å². The Balaban J connectivity index is 2.43. The van der Waals surface area contributed by atoms with Gasteiger partial charge in [0.05, 0.1) is 0 Å². The number of hydrogen-bond donors (Lipinski definition) is 2. The van der Waals surface area contributed by atoms with Crippen molar-refractivity contribution in [3.63, 3.8) is 0 Å². The van der Waals surface area contributed by atoms with Crippen LogP contribution < -0.4 is 0 Å². The summed E-state index contributed by atoms with van der Waals surface area (Å²) in [6.45, 7) is 4.34. The highest BCUT2D eigenvalue weighted by Crippen LogP contribution is 2.31. The fraction of sp³-hybridized carbons (Fsp3) is 0.286. The van der Waals surface area contributed by atoms with Gasteiger partial charge < -0.3 is 9.79 Å². The Labute approximate surface area is 103 Å². The molecule has 0 unspecified atom stereocenters. The Morgan fingerprint density at radius 1 is 1.00 bits per heavy atom. The fourth-order valence-electron chi connectivity index (χ4n) is 1.94. The van der Waals surface area contributed by atoms with Gasteiger partial charge in [-0.05, 0) is 27.8 Å². The first-order valence-corrected chi connectivity index (χ1v) is 7.17. The number of hydrogen-bond acceptors (Lipinski definition) is 2. The van der Waals surface area contributed by atoms with Crippen LogP contribution in [0.25, 0.3) is 10.8 Å². The summed E-state index contributed by atoms with van der Waals surface area (Å²) in [7, 11) is -1.85. The molecule has 0 aromatic heterocycles. The topological polar surface area (TPSA) is 40.5 Å². The van der Waals surface area contributed by atoms with Gasteiger partial charge in [-0.15, -0.1) is 0 Å². The molecular weight excluding hydrogens is 231 g/mol. The third kappa shape index (κ3) is 3.04. The Kier molecular flexibility index (Phi) is 3.78. The summed E-state index contributed by atoms with van der Waals surface area (Å²) in [6.07, 6.45) is 0.344. The molecule has 0 saturated carbocycles. The van der Waals surface area contributed by atoms with Gasteiger partial charge in [-0.2, -0.15) is 0 Å². The number of benzene rings is 2. The molecule has 2 aromatic carbocycles. The summed E-state index contributed by atoms with van der Waals surface area (Å²) in [5.74, 6) is 0.510. The van der Waals surface area contributed by atoms with Gasteiger partial charge in [-0.3, -0.25) is 0 Å². The third-order valence-corrected chi connectivity index (χ3v) is 3.57. The zero-order valence-corrected chi connectivity index (χ0v) is 11.0. The van der Waals surface area contributed by atoms with Crippen LogP contribution in [-0.4, -0.2) is 9.79 Å². The second kappa shape index (κ2) is 5.14. The molecule has 0 aliphatic carbocycles. The van der Waals surface area contributed by atoms with Crippen LogP contribution in [0.3, 0.4) is 0 Å². The monoisotopic (exact) mass is 248 g/mol. The van der Waals surface area contributed by atoms with Crippen molar-refractivity contribution in [2.45, 2.75) is 25.9 Å². The van der Waals surface area contributed by atoms with Crippen LogP contribution >= 0.6 is 8.38 Å². The van der Waals surface area contributed by atoms with Crippen molar-refractivity contribution in [1.82, 2.24) is 0 Å². The van der Waals surface area contributed by atoms with Crippen LogP contribution in [0.15, 0.2) is 36.4 Å². The molecule has 0 fully saturated rings. The SMILES string of the molecule is CC(C)c1ccc2ccc(CP(O)O)cc2c1. The molecule has 17 heavy (non-hydrogen) atoms. The van der Waals surface area contributed by atoms with Crippen LogP contribution in [0.1, 0.15) is 30.9 Å². The minimum atomic E-state index is -1.85. The van der Waals surface area contributed by atoms with Crippen molar-refractivity contribution in [1.29, 1.82) is 0 Å². The summed E-state index contributed by atoms with van der Waals surface area (Å²) in [6, 6.07) is 12.5. The summed E-state index contributed by atoms with van der Waals surface area (Å²) in [4.78, 5) is 18.1. The molecule has 2 aromatic rings. The Bertz CT molecular complexity index is 521. The van der Waals surface area contributed by atoms with E-state index in [0.29, 0.717) is 12.1 Å². The van der Waals surface area contributed by atoms with E-state index in [-0.39, 0.29) is 0 Å². The van der Waals surface area contributed by atoms with E-state index in [4.69, 9.17) is 9.79 Å². The van der Waals surface area contributed by atoms with Crippen molar-refractivity contribution < 1.29 is 9.79 Å². The van der Waals surface area contributed by atoms with E-state index in [2.05, 4.69) is 32.0 Å². The highest BCUT2D eigenvalue weighted by molar-refractivity contribution is 7.44. The molecule has 0 amide bonds. The normalized spacial score (nSPS) is 11.6. The summed E-state index contributed by atoms with van der Waals surface area (Å²) in [5, 5.41) is 2.36. The highest BCUT2D eigenvalue weighted by Gasteiger charge is 2.04. The Morgan fingerprint density at radius 3 is 2.35 bits per heavy atom. The molecule has 0 radical (unpaired) electrons. The molecule has 0 aliphatic rings. The average molecular weight is 248 g/mol. The van der Waals surface area contributed by atoms with E-state index in [1.165, 1.54) is 16.3 Å². The maximum Gasteiger partial charge on any atom is 0.169 e. The predicted octanol–water partition coefficient (Wildman–Crippen LogP) is 3.76. The van der Waals surface area contributed by atoms with Crippen LogP contribution in [0.4, 0.5) is 0 Å². The molecule has 0 aliphatic heterocycles. The molecule has 90 valence electrons. The Morgan fingerprint density at radius 2 is 1.71 bits per heavy atom. The average Bonchev–Trinajstić information content (AvgIpc) is 2.27. The van der Waals surface area contributed by atoms with Crippen molar-refractivity contribution in [3.8, 4) is 0 Å². The fourth-order valence-corrected chi connectivity index (χ4v) is 2.46. The maximum atomic E-state index is 9.04. The molecule has 0 atom stereocenters. The minimum absolute atomic E-state index is 0.344. The summed E-state index contributed by atoms with van der Waals surface area (Å²) >= 11 is 0. The zero-order valence-electron chi connectivity index (χ0n) is 10.1. The maximum absolute atomic E-state index is 9.04. The molecule has 2 nitrogen and oxygen atoms in total. The van der Waals surface area contributed by atoms with Crippen molar-refractivity contribution in [3.05, 3.63) is 47.5 Å². The van der Waals surface area contributed by atoms with Gasteiger partial charge >= 0.3 is 0 Å². The minimum Gasteiger partial charge on any atom is -0.350 e. The molecular formula is C14H17O2P. The van der Waals surface area contributed by atoms with Gasteiger partial charge in [-0.1, -0.05) is 50.2 Å². The lowest BCUT2D eigenvalue weighted by atomic mass is 9.98. The third-order valence-electron chi connectivity index (χ3n) is 2.92. The van der Waals surface area contributed by atoms with E-state index < -0.39 is 8.38 Å². The number of fused-ring (bicyclic) bond motifs is 1. The smallest absolute Gasteiger partial charge is 0.169 e. The van der Waals surface area contributed by atoms with Crippen molar-refractivity contribution in [2.75, 3.05) is 0 Å². The lowest BCUT2D eigenvalue weighted by Crippen LogP contribution is -1.88. The van der Waals surface area contributed by atoms with E-state index in [9.17, 15) is 0 Å². The van der Waals surface area contributed by atoms with E-state index >= 15 is 0 Å². The molecule has 0 bridgehead atoms. The lowest BCUT2D eigenvalue weighted by Gasteiger charge is -2.09. The first kappa shape index (κ1) is 12.5. The van der Waals surface area contributed by atoms with Gasteiger partial charge in [0.1, 0.15) is 0 Å². The van der Waals surface area contributed by atoms with Crippen molar-refractivity contribution in [2.24, 2.45) is 0 Å². The predicted molar refractivity (Wildman–Crippen MR) is 73.1 cm³/mol. The summed E-state index contributed by atoms with van der Waals surface area (Å²) < 4.78 is 0. The first-order chi connectivity index (χ1) is 8.06. The van der Waals surface area contributed by atoms with Crippen LogP contribution in [0.2, 0.25) is 0 Å². The second-order valence-corrected chi connectivity index (χ2v) is 5.69. The molecule has 2 rings (SSSR count). The van der Waals surface area contributed by atoms with Crippen LogP contribution in [-0.2, 0) is 6.16 Å². The standard InChI is InChI=1S/C14H17O2P/c1-10(2)13-6-5-12-4-3-11(9-17(15)16)7-14(12)8-13/h3-8,10,15-16H,9H2,1-2H3. The van der Waals surface area contributed by atoms with Gasteiger partial charge in [0.25, 0.3) is 0 Å². The Hall–Kier alpha value is -0.950. The molecule has 0 spiro atoms.